The first kappa shape index (κ1) is 12.0. The van der Waals surface area contributed by atoms with E-state index in [0.717, 1.165) is 4.47 Å². The third-order valence-electron chi connectivity index (χ3n) is 1.89. The molecule has 0 spiro atoms. The van der Waals surface area contributed by atoms with E-state index in [1.807, 2.05) is 0 Å². The first-order chi connectivity index (χ1) is 7.08. The highest BCUT2D eigenvalue weighted by atomic mass is 79.9. The first-order valence-electron chi connectivity index (χ1n) is 4.18. The molecule has 1 atom stereocenters. The maximum absolute atomic E-state index is 10.9. The van der Waals surface area contributed by atoms with Crippen molar-refractivity contribution in [2.75, 3.05) is 14.2 Å². The maximum atomic E-state index is 10.9. The van der Waals surface area contributed by atoms with E-state index in [1.165, 1.54) is 14.2 Å². The molecule has 0 radical (unpaired) electrons. The van der Waals surface area contributed by atoms with E-state index in [2.05, 4.69) is 15.9 Å². The summed E-state index contributed by atoms with van der Waals surface area (Å²) in [5.41, 5.74) is 0.538. The maximum Gasteiger partial charge on any atom is 0.337 e. The van der Waals surface area contributed by atoms with Crippen molar-refractivity contribution in [1.29, 1.82) is 0 Å². The molecule has 0 aliphatic rings. The van der Waals surface area contributed by atoms with Gasteiger partial charge in [-0.05, 0) is 23.8 Å². The molecule has 0 heterocycles. The third-order valence-corrected chi connectivity index (χ3v) is 2.35. The molecule has 15 heavy (non-hydrogen) atoms. The molecule has 0 fully saturated rings. The van der Waals surface area contributed by atoms with E-state index in [9.17, 15) is 4.79 Å². The fourth-order valence-corrected chi connectivity index (χ4v) is 1.72. The molecule has 1 N–H and O–H groups in total. The Morgan fingerprint density at radius 1 is 1.40 bits per heavy atom. The predicted molar refractivity (Wildman–Crippen MR) is 58.1 cm³/mol. The van der Waals surface area contributed by atoms with Gasteiger partial charge >= 0.3 is 5.97 Å². The van der Waals surface area contributed by atoms with Gasteiger partial charge in [0.1, 0.15) is 5.75 Å². The minimum Gasteiger partial charge on any atom is -0.497 e. The van der Waals surface area contributed by atoms with E-state index in [4.69, 9.17) is 14.6 Å². The molecule has 1 unspecified atom stereocenters. The van der Waals surface area contributed by atoms with Crippen LogP contribution in [-0.2, 0) is 9.53 Å². The normalized spacial score (nSPS) is 12.2. The van der Waals surface area contributed by atoms with Crippen molar-refractivity contribution in [1.82, 2.24) is 0 Å². The van der Waals surface area contributed by atoms with Crippen molar-refractivity contribution in [3.05, 3.63) is 28.2 Å². The highest BCUT2D eigenvalue weighted by Crippen LogP contribution is 2.26. The monoisotopic (exact) mass is 274 g/mol. The van der Waals surface area contributed by atoms with Gasteiger partial charge in [-0.25, -0.2) is 4.79 Å². The number of methoxy groups -OCH3 is 2. The summed E-state index contributed by atoms with van der Waals surface area (Å²) in [6.45, 7) is 0. The van der Waals surface area contributed by atoms with Crippen molar-refractivity contribution in [2.45, 2.75) is 6.10 Å². The van der Waals surface area contributed by atoms with Crippen LogP contribution in [0.25, 0.3) is 0 Å². The molecule has 1 aromatic carbocycles. The van der Waals surface area contributed by atoms with E-state index < -0.39 is 12.1 Å². The molecule has 0 aromatic heterocycles. The molecule has 4 nitrogen and oxygen atoms in total. The van der Waals surface area contributed by atoms with Crippen LogP contribution in [0.1, 0.15) is 11.7 Å². The number of halogens is 1. The zero-order chi connectivity index (χ0) is 11.4. The summed E-state index contributed by atoms with van der Waals surface area (Å²) in [5, 5.41) is 8.90. The fraction of sp³-hybridized carbons (Fsp3) is 0.300. The summed E-state index contributed by atoms with van der Waals surface area (Å²) in [7, 11) is 2.88. The molecule has 1 aromatic rings. The van der Waals surface area contributed by atoms with E-state index in [-0.39, 0.29) is 0 Å². The van der Waals surface area contributed by atoms with Crippen LogP contribution in [0, 0.1) is 0 Å². The molecular weight excluding hydrogens is 264 g/mol. The Bertz CT molecular complexity index is 364. The second-order valence-electron chi connectivity index (χ2n) is 2.88. The fourth-order valence-electron chi connectivity index (χ4n) is 1.23. The molecule has 1 rings (SSSR count). The van der Waals surface area contributed by atoms with Gasteiger partial charge in [-0.15, -0.1) is 0 Å². The Balaban J connectivity index is 3.11. The number of hydrogen-bond donors (Lipinski definition) is 1. The van der Waals surface area contributed by atoms with Crippen molar-refractivity contribution >= 4 is 21.9 Å². The lowest BCUT2D eigenvalue weighted by Crippen LogP contribution is -2.13. The van der Waals surface area contributed by atoms with E-state index >= 15 is 0 Å². The summed E-state index contributed by atoms with van der Waals surface area (Å²) >= 11 is 3.27. The van der Waals surface area contributed by atoms with Gasteiger partial charge in [0.15, 0.2) is 6.10 Å². The highest BCUT2D eigenvalue weighted by Gasteiger charge is 2.19. The van der Waals surface area contributed by atoms with Gasteiger partial charge in [-0.2, -0.15) is 0 Å². The smallest absolute Gasteiger partial charge is 0.337 e. The first-order valence-corrected chi connectivity index (χ1v) is 4.98. The van der Waals surface area contributed by atoms with E-state index in [0.29, 0.717) is 11.3 Å². The van der Waals surface area contributed by atoms with Crippen molar-refractivity contribution < 1.29 is 19.4 Å². The van der Waals surface area contributed by atoms with Gasteiger partial charge in [-0.3, -0.25) is 0 Å². The standard InChI is InChI=1S/C10H11BrO4/c1-14-8-4-6(3-7(11)5-8)9(15-2)10(12)13/h3-5,9H,1-2H3,(H,12,13). The predicted octanol–water partition coefficient (Wildman–Crippen LogP) is 2.23. The van der Waals surface area contributed by atoms with Gasteiger partial charge < -0.3 is 14.6 Å². The van der Waals surface area contributed by atoms with Gasteiger partial charge in [0.2, 0.25) is 0 Å². The zero-order valence-corrected chi connectivity index (χ0v) is 9.95. The summed E-state index contributed by atoms with van der Waals surface area (Å²) in [6.07, 6.45) is -0.976. The molecule has 0 saturated carbocycles. The van der Waals surface area contributed by atoms with Crippen LogP contribution in [0.4, 0.5) is 0 Å². The minimum absolute atomic E-state index is 0.538. The Labute approximate surface area is 95.9 Å². The van der Waals surface area contributed by atoms with Gasteiger partial charge in [0.05, 0.1) is 7.11 Å². The lowest BCUT2D eigenvalue weighted by molar-refractivity contribution is -0.148. The largest absolute Gasteiger partial charge is 0.497 e. The number of aliphatic carboxylic acids is 1. The lowest BCUT2D eigenvalue weighted by Gasteiger charge is -2.12. The zero-order valence-electron chi connectivity index (χ0n) is 8.36. The van der Waals surface area contributed by atoms with Crippen LogP contribution in [0.3, 0.4) is 0 Å². The van der Waals surface area contributed by atoms with Crippen molar-refractivity contribution in [3.8, 4) is 5.75 Å². The molecule has 0 amide bonds. The van der Waals surface area contributed by atoms with Crippen LogP contribution < -0.4 is 4.74 Å². The number of carboxylic acid groups (broad SMARTS) is 1. The van der Waals surface area contributed by atoms with Gasteiger partial charge in [0, 0.05) is 11.6 Å². The number of rotatable bonds is 4. The number of benzene rings is 1. The Morgan fingerprint density at radius 2 is 2.07 bits per heavy atom. The average Bonchev–Trinajstić information content (AvgIpc) is 2.17. The number of ether oxygens (including phenoxy) is 2. The summed E-state index contributed by atoms with van der Waals surface area (Å²) in [4.78, 5) is 10.9. The molecule has 0 saturated heterocycles. The average molecular weight is 275 g/mol. The van der Waals surface area contributed by atoms with Gasteiger partial charge in [-0.1, -0.05) is 15.9 Å². The topological polar surface area (TPSA) is 55.8 Å². The Kier molecular flexibility index (Phi) is 4.11. The molecule has 82 valence electrons. The summed E-state index contributed by atoms with van der Waals surface area (Å²) in [5.74, 6) is -0.444. The molecule has 0 aliphatic heterocycles. The SMILES string of the molecule is COc1cc(Br)cc(C(OC)C(=O)O)c1. The highest BCUT2D eigenvalue weighted by molar-refractivity contribution is 9.10. The quantitative estimate of drug-likeness (QED) is 0.915. The van der Waals surface area contributed by atoms with Crippen LogP contribution in [0.5, 0.6) is 5.75 Å². The van der Waals surface area contributed by atoms with Crippen molar-refractivity contribution in [2.24, 2.45) is 0 Å². The Morgan fingerprint density at radius 3 is 2.53 bits per heavy atom. The van der Waals surface area contributed by atoms with Crippen LogP contribution >= 0.6 is 15.9 Å². The Hall–Kier alpha value is -1.07. The van der Waals surface area contributed by atoms with E-state index in [1.54, 1.807) is 18.2 Å². The number of carbonyl (C=O) groups is 1. The number of carboxylic acids is 1. The molecule has 5 heteroatoms. The molecular formula is C10H11BrO4. The second kappa shape index (κ2) is 5.14. The minimum atomic E-state index is -1.03. The van der Waals surface area contributed by atoms with Crippen LogP contribution in [0.15, 0.2) is 22.7 Å². The molecule has 0 aliphatic carbocycles. The number of hydrogen-bond acceptors (Lipinski definition) is 3. The third kappa shape index (κ3) is 2.94. The molecule has 0 bridgehead atoms. The summed E-state index contributed by atoms with van der Waals surface area (Å²) in [6, 6.07) is 5.07. The lowest BCUT2D eigenvalue weighted by atomic mass is 10.1. The van der Waals surface area contributed by atoms with Gasteiger partial charge in [0.25, 0.3) is 0 Å². The van der Waals surface area contributed by atoms with Crippen molar-refractivity contribution in [3.63, 3.8) is 0 Å². The second-order valence-corrected chi connectivity index (χ2v) is 3.79. The summed E-state index contributed by atoms with van der Waals surface area (Å²) < 4.78 is 10.7. The van der Waals surface area contributed by atoms with Crippen LogP contribution in [0.2, 0.25) is 0 Å². The van der Waals surface area contributed by atoms with Crippen LogP contribution in [-0.4, -0.2) is 25.3 Å².